The van der Waals surface area contributed by atoms with Crippen LogP contribution in [0.25, 0.3) is 0 Å². The summed E-state index contributed by atoms with van der Waals surface area (Å²) < 4.78 is 0. The van der Waals surface area contributed by atoms with Gasteiger partial charge in [0.1, 0.15) is 5.01 Å². The van der Waals surface area contributed by atoms with Crippen LogP contribution in [0.1, 0.15) is 42.3 Å². The van der Waals surface area contributed by atoms with Crippen molar-refractivity contribution < 1.29 is 0 Å². The lowest BCUT2D eigenvalue weighted by molar-refractivity contribution is 0.797. The van der Waals surface area contributed by atoms with Gasteiger partial charge >= 0.3 is 0 Å². The van der Waals surface area contributed by atoms with E-state index in [1.54, 1.807) is 22.7 Å². The smallest absolute Gasteiger partial charge is 0.191 e. The third-order valence-electron chi connectivity index (χ3n) is 3.12. The van der Waals surface area contributed by atoms with Crippen molar-refractivity contribution in [3.63, 3.8) is 0 Å². The van der Waals surface area contributed by atoms with E-state index in [9.17, 15) is 0 Å². The standard InChI is InChI=1S/C16H24N4S2.HI/c1-4-17-16(18-8-7-13-6-5-9-21-13)19-10-15-20-14(11-22-15)12(2)3;/h5-6,9,11-12H,4,7-8,10H2,1-3H3,(H2,17,18,19);1H. The Balaban J connectivity index is 0.00000264. The van der Waals surface area contributed by atoms with Gasteiger partial charge in [-0.1, -0.05) is 19.9 Å². The molecule has 128 valence electrons. The molecule has 0 aromatic carbocycles. The first-order valence-electron chi connectivity index (χ1n) is 7.68. The molecule has 0 aliphatic rings. The number of nitrogens with one attached hydrogen (secondary N) is 2. The molecule has 2 N–H and O–H groups in total. The summed E-state index contributed by atoms with van der Waals surface area (Å²) in [7, 11) is 0. The van der Waals surface area contributed by atoms with Crippen LogP contribution >= 0.6 is 46.7 Å². The first kappa shape index (κ1) is 20.4. The van der Waals surface area contributed by atoms with E-state index in [4.69, 9.17) is 0 Å². The van der Waals surface area contributed by atoms with Crippen LogP contribution in [0, 0.1) is 0 Å². The highest BCUT2D eigenvalue weighted by Gasteiger charge is 2.05. The highest BCUT2D eigenvalue weighted by Crippen LogP contribution is 2.18. The van der Waals surface area contributed by atoms with Gasteiger partial charge in [0.25, 0.3) is 0 Å². The zero-order valence-electron chi connectivity index (χ0n) is 13.8. The lowest BCUT2D eigenvalue weighted by Crippen LogP contribution is -2.38. The number of aliphatic imine (C=N–C) groups is 1. The highest BCUT2D eigenvalue weighted by atomic mass is 127. The van der Waals surface area contributed by atoms with Crippen molar-refractivity contribution in [2.45, 2.75) is 39.7 Å². The number of rotatable bonds is 7. The van der Waals surface area contributed by atoms with Gasteiger partial charge in [0, 0.05) is 23.3 Å². The van der Waals surface area contributed by atoms with Crippen LogP contribution in [0.15, 0.2) is 27.9 Å². The molecule has 0 unspecified atom stereocenters. The zero-order chi connectivity index (χ0) is 15.8. The van der Waals surface area contributed by atoms with E-state index in [0.29, 0.717) is 12.5 Å². The summed E-state index contributed by atoms with van der Waals surface area (Å²) in [5, 5.41) is 12.0. The van der Waals surface area contributed by atoms with Crippen molar-refractivity contribution in [1.29, 1.82) is 0 Å². The number of hydrogen-bond donors (Lipinski definition) is 2. The van der Waals surface area contributed by atoms with Gasteiger partial charge in [0.15, 0.2) is 5.96 Å². The van der Waals surface area contributed by atoms with E-state index >= 15 is 0 Å². The Hall–Kier alpha value is -0.670. The minimum atomic E-state index is 0. The second kappa shape index (κ2) is 11.0. The van der Waals surface area contributed by atoms with Gasteiger partial charge < -0.3 is 10.6 Å². The molecule has 2 aromatic rings. The molecule has 2 aromatic heterocycles. The number of guanidine groups is 1. The molecule has 0 saturated carbocycles. The summed E-state index contributed by atoms with van der Waals surface area (Å²) >= 11 is 3.48. The second-order valence-electron chi connectivity index (χ2n) is 5.27. The average Bonchev–Trinajstić information content (AvgIpc) is 3.16. The normalized spacial score (nSPS) is 11.4. The van der Waals surface area contributed by atoms with Crippen molar-refractivity contribution >= 4 is 52.6 Å². The lowest BCUT2D eigenvalue weighted by Gasteiger charge is -2.10. The molecule has 2 heterocycles. The first-order chi connectivity index (χ1) is 10.7. The Morgan fingerprint density at radius 3 is 2.74 bits per heavy atom. The Morgan fingerprint density at radius 2 is 2.13 bits per heavy atom. The summed E-state index contributed by atoms with van der Waals surface area (Å²) in [4.78, 5) is 10.6. The molecule has 23 heavy (non-hydrogen) atoms. The lowest BCUT2D eigenvalue weighted by atomic mass is 10.2. The van der Waals surface area contributed by atoms with Gasteiger partial charge in [0.2, 0.25) is 0 Å². The van der Waals surface area contributed by atoms with E-state index in [0.717, 1.165) is 36.2 Å². The Kier molecular flexibility index (Phi) is 9.73. The number of thiazole rings is 1. The minimum absolute atomic E-state index is 0. The fourth-order valence-corrected chi connectivity index (χ4v) is 3.50. The van der Waals surface area contributed by atoms with Gasteiger partial charge in [-0.05, 0) is 30.7 Å². The molecular weight excluding hydrogens is 439 g/mol. The average molecular weight is 464 g/mol. The molecule has 0 amide bonds. The maximum atomic E-state index is 4.62. The summed E-state index contributed by atoms with van der Waals surface area (Å²) in [6.07, 6.45) is 1.02. The number of halogens is 1. The first-order valence-corrected chi connectivity index (χ1v) is 9.43. The fraction of sp³-hybridized carbons (Fsp3) is 0.500. The summed E-state index contributed by atoms with van der Waals surface area (Å²) in [5.41, 5.74) is 1.16. The topological polar surface area (TPSA) is 49.3 Å². The van der Waals surface area contributed by atoms with Crippen LogP contribution in [0.3, 0.4) is 0 Å². The van der Waals surface area contributed by atoms with Crippen LogP contribution in [-0.4, -0.2) is 24.0 Å². The third-order valence-corrected chi connectivity index (χ3v) is 4.91. The van der Waals surface area contributed by atoms with Crippen LogP contribution in [-0.2, 0) is 13.0 Å². The summed E-state index contributed by atoms with van der Waals surface area (Å²) in [6, 6.07) is 4.26. The Morgan fingerprint density at radius 1 is 1.30 bits per heavy atom. The Labute approximate surface area is 163 Å². The van der Waals surface area contributed by atoms with Crippen LogP contribution in [0.4, 0.5) is 0 Å². The van der Waals surface area contributed by atoms with Crippen LogP contribution < -0.4 is 10.6 Å². The second-order valence-corrected chi connectivity index (χ2v) is 7.25. The van der Waals surface area contributed by atoms with Crippen molar-refractivity contribution in [3.8, 4) is 0 Å². The third kappa shape index (κ3) is 7.17. The highest BCUT2D eigenvalue weighted by molar-refractivity contribution is 14.0. The van der Waals surface area contributed by atoms with Gasteiger partial charge in [-0.15, -0.1) is 46.7 Å². The van der Waals surface area contributed by atoms with Crippen LogP contribution in [0.2, 0.25) is 0 Å². The largest absolute Gasteiger partial charge is 0.357 e. The van der Waals surface area contributed by atoms with Gasteiger partial charge in [-0.25, -0.2) is 9.98 Å². The quantitative estimate of drug-likeness (QED) is 0.366. The molecule has 0 saturated heterocycles. The van der Waals surface area contributed by atoms with E-state index in [-0.39, 0.29) is 24.0 Å². The van der Waals surface area contributed by atoms with Gasteiger partial charge in [-0.3, -0.25) is 0 Å². The van der Waals surface area contributed by atoms with E-state index in [1.165, 1.54) is 4.88 Å². The van der Waals surface area contributed by atoms with Gasteiger partial charge in [-0.2, -0.15) is 0 Å². The molecule has 7 heteroatoms. The van der Waals surface area contributed by atoms with Crippen molar-refractivity contribution in [2.24, 2.45) is 4.99 Å². The molecular formula is C16H25IN4S2. The zero-order valence-corrected chi connectivity index (χ0v) is 17.8. The predicted molar refractivity (Wildman–Crippen MR) is 112 cm³/mol. The molecule has 0 spiro atoms. The van der Waals surface area contributed by atoms with Crippen molar-refractivity contribution in [3.05, 3.63) is 38.5 Å². The molecule has 2 rings (SSSR count). The molecule has 0 aliphatic heterocycles. The fourth-order valence-electron chi connectivity index (χ4n) is 1.91. The Bertz CT molecular complexity index is 579. The molecule has 0 radical (unpaired) electrons. The van der Waals surface area contributed by atoms with Crippen molar-refractivity contribution in [2.75, 3.05) is 13.1 Å². The maximum absolute atomic E-state index is 4.62. The van der Waals surface area contributed by atoms with E-state index in [2.05, 4.69) is 64.3 Å². The molecule has 0 bridgehead atoms. The maximum Gasteiger partial charge on any atom is 0.191 e. The molecule has 4 nitrogen and oxygen atoms in total. The molecule has 0 aliphatic carbocycles. The molecule has 0 atom stereocenters. The number of hydrogen-bond acceptors (Lipinski definition) is 4. The van der Waals surface area contributed by atoms with Crippen molar-refractivity contribution in [1.82, 2.24) is 15.6 Å². The summed E-state index contributed by atoms with van der Waals surface area (Å²) in [6.45, 7) is 8.79. The minimum Gasteiger partial charge on any atom is -0.357 e. The predicted octanol–water partition coefficient (Wildman–Crippen LogP) is 4.24. The van der Waals surface area contributed by atoms with Gasteiger partial charge in [0.05, 0.1) is 12.2 Å². The summed E-state index contributed by atoms with van der Waals surface area (Å²) in [5.74, 6) is 1.34. The number of aromatic nitrogens is 1. The molecule has 0 fully saturated rings. The monoisotopic (exact) mass is 464 g/mol. The SMILES string of the molecule is CCNC(=NCc1nc(C(C)C)cs1)NCCc1cccs1.I. The number of nitrogens with zero attached hydrogens (tertiary/aromatic N) is 2. The van der Waals surface area contributed by atoms with E-state index < -0.39 is 0 Å². The van der Waals surface area contributed by atoms with Crippen LogP contribution in [0.5, 0.6) is 0 Å². The van der Waals surface area contributed by atoms with E-state index in [1.807, 2.05) is 0 Å². The number of thiophene rings is 1.